The van der Waals surface area contributed by atoms with Crippen LogP contribution in [0.25, 0.3) is 5.69 Å². The quantitative estimate of drug-likeness (QED) is 0.738. The Kier molecular flexibility index (Phi) is 3.92. The van der Waals surface area contributed by atoms with Crippen molar-refractivity contribution < 1.29 is 9.90 Å². The van der Waals surface area contributed by atoms with Gasteiger partial charge in [0.2, 0.25) is 5.88 Å². The number of benzene rings is 2. The van der Waals surface area contributed by atoms with Crippen LogP contribution in [0.3, 0.4) is 0 Å². The predicted octanol–water partition coefficient (Wildman–Crippen LogP) is 4.08. The second kappa shape index (κ2) is 5.89. The summed E-state index contributed by atoms with van der Waals surface area (Å²) < 4.78 is 1.33. The third kappa shape index (κ3) is 2.73. The Hall–Kier alpha value is -2.59. The molecule has 1 aromatic heterocycles. The number of hydrogen-bond donors (Lipinski definition) is 1. The molecule has 0 radical (unpaired) electrons. The van der Waals surface area contributed by atoms with Gasteiger partial charge < -0.3 is 5.11 Å². The van der Waals surface area contributed by atoms with Crippen molar-refractivity contribution in [2.45, 2.75) is 13.8 Å². The number of carbonyl (C=O) groups excluding carboxylic acids is 1. The number of rotatable bonds is 3. The van der Waals surface area contributed by atoms with Gasteiger partial charge in [0.05, 0.1) is 11.4 Å². The molecule has 1 heterocycles. The Balaban J connectivity index is 2.10. The summed E-state index contributed by atoms with van der Waals surface area (Å²) in [5, 5.41) is 15.4. The molecule has 0 fully saturated rings. The van der Waals surface area contributed by atoms with E-state index in [1.165, 1.54) is 4.68 Å². The summed E-state index contributed by atoms with van der Waals surface area (Å²) in [5.74, 6) is -0.443. The fraction of sp³-hybridized carbons (Fsp3) is 0.111. The summed E-state index contributed by atoms with van der Waals surface area (Å²) >= 11 is 6.13. The molecule has 0 atom stereocenters. The van der Waals surface area contributed by atoms with Crippen molar-refractivity contribution in [1.82, 2.24) is 9.78 Å². The van der Waals surface area contributed by atoms with Crippen molar-refractivity contribution in [3.8, 4) is 11.6 Å². The largest absolute Gasteiger partial charge is 0.493 e. The summed E-state index contributed by atoms with van der Waals surface area (Å²) in [6.07, 6.45) is 0. The molecule has 116 valence electrons. The van der Waals surface area contributed by atoms with Crippen molar-refractivity contribution >= 4 is 17.4 Å². The monoisotopic (exact) mass is 326 g/mol. The van der Waals surface area contributed by atoms with E-state index in [0.29, 0.717) is 22.0 Å². The smallest absolute Gasteiger partial charge is 0.225 e. The van der Waals surface area contributed by atoms with E-state index >= 15 is 0 Å². The molecule has 0 spiro atoms. The minimum absolute atomic E-state index is 0.184. The molecule has 0 saturated carbocycles. The number of hydrogen-bond acceptors (Lipinski definition) is 3. The third-order valence-corrected chi connectivity index (χ3v) is 4.11. The first-order valence-corrected chi connectivity index (χ1v) is 7.51. The second-order valence-electron chi connectivity index (χ2n) is 5.32. The molecule has 5 heteroatoms. The lowest BCUT2D eigenvalue weighted by Crippen LogP contribution is -2.02. The van der Waals surface area contributed by atoms with Gasteiger partial charge >= 0.3 is 0 Å². The van der Waals surface area contributed by atoms with Gasteiger partial charge in [0.1, 0.15) is 5.56 Å². The molecule has 0 unspecified atom stereocenters. The van der Waals surface area contributed by atoms with Crippen LogP contribution in [0, 0.1) is 13.8 Å². The van der Waals surface area contributed by atoms with E-state index in [-0.39, 0.29) is 17.2 Å². The van der Waals surface area contributed by atoms with Gasteiger partial charge in [-0.25, -0.2) is 4.68 Å². The molecule has 1 N–H and O–H groups in total. The maximum atomic E-state index is 12.6. The summed E-state index contributed by atoms with van der Waals surface area (Å²) in [5.41, 5.74) is 2.71. The van der Waals surface area contributed by atoms with Gasteiger partial charge in [0.25, 0.3) is 0 Å². The Morgan fingerprint density at radius 3 is 2.48 bits per heavy atom. The molecule has 0 aliphatic carbocycles. The first-order valence-electron chi connectivity index (χ1n) is 7.14. The summed E-state index contributed by atoms with van der Waals surface area (Å²) in [6.45, 7) is 3.59. The zero-order valence-electron chi connectivity index (χ0n) is 12.7. The van der Waals surface area contributed by atoms with Gasteiger partial charge in [-0.05, 0) is 31.5 Å². The molecular weight excluding hydrogens is 312 g/mol. The average Bonchev–Trinajstić information content (AvgIpc) is 2.85. The van der Waals surface area contributed by atoms with Crippen LogP contribution in [-0.2, 0) is 0 Å². The normalized spacial score (nSPS) is 10.7. The number of nitrogens with zero attached hydrogens (tertiary/aromatic N) is 2. The van der Waals surface area contributed by atoms with Gasteiger partial charge in [0, 0.05) is 10.6 Å². The van der Waals surface area contributed by atoms with E-state index in [4.69, 9.17) is 11.6 Å². The SMILES string of the molecule is Cc1ccc(-n2nc(C)c(C(=O)c3ccccc3)c2O)cc1Cl. The van der Waals surface area contributed by atoms with E-state index in [9.17, 15) is 9.90 Å². The highest BCUT2D eigenvalue weighted by Gasteiger charge is 2.23. The number of aromatic hydroxyl groups is 1. The molecule has 3 rings (SSSR count). The van der Waals surface area contributed by atoms with E-state index in [1.807, 2.05) is 19.1 Å². The average molecular weight is 327 g/mol. The molecule has 0 aliphatic heterocycles. The molecule has 0 amide bonds. The maximum Gasteiger partial charge on any atom is 0.225 e. The van der Waals surface area contributed by atoms with E-state index in [2.05, 4.69) is 5.10 Å². The van der Waals surface area contributed by atoms with Crippen molar-refractivity contribution in [3.63, 3.8) is 0 Å². The number of aryl methyl sites for hydroxylation is 2. The van der Waals surface area contributed by atoms with E-state index in [0.717, 1.165) is 5.56 Å². The van der Waals surface area contributed by atoms with E-state index in [1.54, 1.807) is 43.3 Å². The zero-order chi connectivity index (χ0) is 16.6. The Morgan fingerprint density at radius 1 is 1.13 bits per heavy atom. The topological polar surface area (TPSA) is 55.1 Å². The van der Waals surface area contributed by atoms with Gasteiger partial charge in [-0.15, -0.1) is 0 Å². The Morgan fingerprint density at radius 2 is 1.83 bits per heavy atom. The van der Waals surface area contributed by atoms with Crippen LogP contribution >= 0.6 is 11.6 Å². The summed E-state index contributed by atoms with van der Waals surface area (Å²) in [4.78, 5) is 12.6. The lowest BCUT2D eigenvalue weighted by atomic mass is 10.0. The Bertz CT molecular complexity index is 886. The van der Waals surface area contributed by atoms with Crippen LogP contribution in [0.5, 0.6) is 5.88 Å². The summed E-state index contributed by atoms with van der Waals surface area (Å²) in [7, 11) is 0. The lowest BCUT2D eigenvalue weighted by molar-refractivity contribution is 0.103. The van der Waals surface area contributed by atoms with Crippen LogP contribution in [-0.4, -0.2) is 20.7 Å². The fourth-order valence-corrected chi connectivity index (χ4v) is 2.58. The highest BCUT2D eigenvalue weighted by atomic mass is 35.5. The molecule has 0 aliphatic rings. The molecule has 4 nitrogen and oxygen atoms in total. The van der Waals surface area contributed by atoms with Crippen LogP contribution in [0.2, 0.25) is 5.02 Å². The molecule has 0 saturated heterocycles. The lowest BCUT2D eigenvalue weighted by Gasteiger charge is -2.06. The standard InChI is InChI=1S/C18H15ClN2O2/c1-11-8-9-14(10-15(11)19)21-18(23)16(12(2)20-21)17(22)13-6-4-3-5-7-13/h3-10,23H,1-2H3. The third-order valence-electron chi connectivity index (χ3n) is 3.70. The van der Waals surface area contributed by atoms with Crippen molar-refractivity contribution in [1.29, 1.82) is 0 Å². The first-order chi connectivity index (χ1) is 11.0. The van der Waals surface area contributed by atoms with Gasteiger partial charge in [0.15, 0.2) is 5.78 Å². The maximum absolute atomic E-state index is 12.6. The van der Waals surface area contributed by atoms with Crippen LogP contribution in [0.1, 0.15) is 27.2 Å². The van der Waals surface area contributed by atoms with Crippen molar-refractivity contribution in [3.05, 3.63) is 75.9 Å². The predicted molar refractivity (Wildman–Crippen MR) is 89.6 cm³/mol. The Labute approximate surface area is 139 Å². The fourth-order valence-electron chi connectivity index (χ4n) is 2.41. The van der Waals surface area contributed by atoms with Crippen molar-refractivity contribution in [2.75, 3.05) is 0 Å². The van der Waals surface area contributed by atoms with E-state index < -0.39 is 0 Å². The first kappa shape index (κ1) is 15.3. The summed E-state index contributed by atoms with van der Waals surface area (Å²) in [6, 6.07) is 14.2. The van der Waals surface area contributed by atoms with Gasteiger partial charge in [-0.3, -0.25) is 4.79 Å². The molecule has 3 aromatic rings. The zero-order valence-corrected chi connectivity index (χ0v) is 13.5. The molecule has 23 heavy (non-hydrogen) atoms. The number of ketones is 1. The number of carbonyl (C=O) groups is 1. The van der Waals surface area contributed by atoms with Crippen LogP contribution in [0.4, 0.5) is 0 Å². The van der Waals surface area contributed by atoms with Gasteiger partial charge in [-0.1, -0.05) is 48.0 Å². The second-order valence-corrected chi connectivity index (χ2v) is 5.73. The number of halogens is 1. The van der Waals surface area contributed by atoms with Crippen LogP contribution in [0.15, 0.2) is 48.5 Å². The minimum Gasteiger partial charge on any atom is -0.493 e. The minimum atomic E-state index is -0.259. The highest BCUT2D eigenvalue weighted by molar-refractivity contribution is 6.31. The van der Waals surface area contributed by atoms with Crippen LogP contribution < -0.4 is 0 Å². The highest BCUT2D eigenvalue weighted by Crippen LogP contribution is 2.28. The molecule has 0 bridgehead atoms. The molecular formula is C18H15ClN2O2. The number of aromatic nitrogens is 2. The van der Waals surface area contributed by atoms with Gasteiger partial charge in [-0.2, -0.15) is 5.10 Å². The van der Waals surface area contributed by atoms with Crippen molar-refractivity contribution in [2.24, 2.45) is 0 Å². The molecule has 2 aromatic carbocycles.